The van der Waals surface area contributed by atoms with E-state index in [0.29, 0.717) is 12.1 Å². The van der Waals surface area contributed by atoms with Gasteiger partial charge in [-0.25, -0.2) is 0 Å². The molecule has 15 heavy (non-hydrogen) atoms. The summed E-state index contributed by atoms with van der Waals surface area (Å²) < 4.78 is 0. The second kappa shape index (κ2) is 4.81. The molecule has 1 aliphatic carbocycles. The van der Waals surface area contributed by atoms with Crippen LogP contribution in [0.5, 0.6) is 0 Å². The third-order valence-corrected chi connectivity index (χ3v) is 4.04. The molecule has 0 aromatic carbocycles. The highest BCUT2D eigenvalue weighted by Crippen LogP contribution is 2.25. The van der Waals surface area contributed by atoms with Gasteiger partial charge in [-0.05, 0) is 33.2 Å². The van der Waals surface area contributed by atoms with Crippen LogP contribution in [-0.2, 0) is 0 Å². The van der Waals surface area contributed by atoms with Crippen molar-refractivity contribution in [1.82, 2.24) is 9.80 Å². The van der Waals surface area contributed by atoms with Gasteiger partial charge in [0, 0.05) is 37.8 Å². The van der Waals surface area contributed by atoms with Crippen LogP contribution in [0.2, 0.25) is 0 Å². The summed E-state index contributed by atoms with van der Waals surface area (Å²) in [5.74, 6) is 0. The van der Waals surface area contributed by atoms with Crippen LogP contribution >= 0.6 is 0 Å². The Labute approximate surface area is 93.6 Å². The fourth-order valence-electron chi connectivity index (χ4n) is 3.20. The molecule has 3 unspecified atom stereocenters. The van der Waals surface area contributed by atoms with Crippen LogP contribution in [-0.4, -0.2) is 54.6 Å². The molecule has 2 fully saturated rings. The highest BCUT2D eigenvalue weighted by molar-refractivity contribution is 4.87. The first-order valence-electron chi connectivity index (χ1n) is 6.36. The average Bonchev–Trinajstić information content (AvgIpc) is 2.17. The molecule has 2 aliphatic rings. The van der Waals surface area contributed by atoms with Gasteiger partial charge in [0.15, 0.2) is 0 Å². The maximum absolute atomic E-state index is 6.07. The lowest BCUT2D eigenvalue weighted by atomic mass is 9.89. The van der Waals surface area contributed by atoms with Gasteiger partial charge in [0.1, 0.15) is 0 Å². The second-order valence-corrected chi connectivity index (χ2v) is 5.43. The van der Waals surface area contributed by atoms with E-state index < -0.39 is 0 Å². The van der Waals surface area contributed by atoms with Crippen molar-refractivity contribution in [2.75, 3.05) is 26.7 Å². The Bertz CT molecular complexity index is 207. The van der Waals surface area contributed by atoms with Gasteiger partial charge in [-0.2, -0.15) is 0 Å². The summed E-state index contributed by atoms with van der Waals surface area (Å²) in [4.78, 5) is 5.13. The summed E-state index contributed by atoms with van der Waals surface area (Å²) in [5, 5.41) is 0. The number of nitrogens with zero attached hydrogens (tertiary/aromatic N) is 2. The second-order valence-electron chi connectivity index (χ2n) is 5.43. The smallest absolute Gasteiger partial charge is 0.0198 e. The van der Waals surface area contributed by atoms with E-state index in [1.807, 2.05) is 0 Å². The minimum atomic E-state index is 0.454. The van der Waals surface area contributed by atoms with E-state index in [4.69, 9.17) is 5.73 Å². The average molecular weight is 211 g/mol. The first kappa shape index (κ1) is 11.4. The molecule has 88 valence electrons. The lowest BCUT2D eigenvalue weighted by molar-refractivity contribution is 0.0425. The molecule has 0 spiro atoms. The number of hydrogen-bond acceptors (Lipinski definition) is 3. The van der Waals surface area contributed by atoms with E-state index in [1.54, 1.807) is 0 Å². The molecule has 1 saturated carbocycles. The molecular formula is C12H25N3. The summed E-state index contributed by atoms with van der Waals surface area (Å²) in [6.45, 7) is 6.02. The Morgan fingerprint density at radius 2 is 2.00 bits per heavy atom. The molecule has 0 aromatic rings. The molecule has 0 radical (unpaired) electrons. The van der Waals surface area contributed by atoms with Gasteiger partial charge >= 0.3 is 0 Å². The Morgan fingerprint density at radius 3 is 2.67 bits per heavy atom. The molecule has 0 amide bonds. The molecule has 0 aromatic heterocycles. The minimum Gasteiger partial charge on any atom is -0.328 e. The Kier molecular flexibility index (Phi) is 3.65. The first-order valence-corrected chi connectivity index (χ1v) is 6.36. The SMILES string of the molecule is CC1CN(C)CCN1C1CCCC(N)C1. The normalized spacial score (nSPS) is 40.6. The lowest BCUT2D eigenvalue weighted by Gasteiger charge is -2.45. The number of piperazine rings is 1. The zero-order valence-electron chi connectivity index (χ0n) is 10.2. The third-order valence-electron chi connectivity index (χ3n) is 4.04. The quantitative estimate of drug-likeness (QED) is 0.699. The summed E-state index contributed by atoms with van der Waals surface area (Å²) >= 11 is 0. The van der Waals surface area contributed by atoms with E-state index >= 15 is 0 Å². The van der Waals surface area contributed by atoms with E-state index in [1.165, 1.54) is 45.3 Å². The van der Waals surface area contributed by atoms with Crippen LogP contribution in [0.15, 0.2) is 0 Å². The molecule has 1 aliphatic heterocycles. The van der Waals surface area contributed by atoms with Crippen LogP contribution < -0.4 is 5.73 Å². The molecular weight excluding hydrogens is 186 g/mol. The molecule has 2 rings (SSSR count). The predicted octanol–water partition coefficient (Wildman–Crippen LogP) is 0.892. The van der Waals surface area contributed by atoms with Crippen LogP contribution in [0.3, 0.4) is 0 Å². The van der Waals surface area contributed by atoms with Gasteiger partial charge in [-0.3, -0.25) is 4.90 Å². The summed E-state index contributed by atoms with van der Waals surface area (Å²) in [6.07, 6.45) is 5.14. The maximum atomic E-state index is 6.07. The zero-order chi connectivity index (χ0) is 10.8. The van der Waals surface area contributed by atoms with Crippen LogP contribution in [0.4, 0.5) is 0 Å². The lowest BCUT2D eigenvalue weighted by Crippen LogP contribution is -2.56. The first-order chi connectivity index (χ1) is 7.16. The fraction of sp³-hybridized carbons (Fsp3) is 1.00. The Balaban J connectivity index is 1.91. The van der Waals surface area contributed by atoms with E-state index in [-0.39, 0.29) is 0 Å². The monoisotopic (exact) mass is 211 g/mol. The largest absolute Gasteiger partial charge is 0.328 e. The van der Waals surface area contributed by atoms with Crippen LogP contribution in [0.25, 0.3) is 0 Å². The van der Waals surface area contributed by atoms with Crippen molar-refractivity contribution in [3.63, 3.8) is 0 Å². The van der Waals surface area contributed by atoms with Crippen molar-refractivity contribution in [1.29, 1.82) is 0 Å². The Hall–Kier alpha value is -0.120. The van der Waals surface area contributed by atoms with Crippen molar-refractivity contribution in [3.05, 3.63) is 0 Å². The zero-order valence-corrected chi connectivity index (χ0v) is 10.2. The third kappa shape index (κ3) is 2.71. The van der Waals surface area contributed by atoms with Gasteiger partial charge in [0.05, 0.1) is 0 Å². The molecule has 0 bridgehead atoms. The number of nitrogens with two attached hydrogens (primary N) is 1. The van der Waals surface area contributed by atoms with Gasteiger partial charge in [-0.1, -0.05) is 6.42 Å². The Morgan fingerprint density at radius 1 is 1.20 bits per heavy atom. The van der Waals surface area contributed by atoms with E-state index in [9.17, 15) is 0 Å². The van der Waals surface area contributed by atoms with Gasteiger partial charge in [-0.15, -0.1) is 0 Å². The summed E-state index contributed by atoms with van der Waals surface area (Å²) in [5.41, 5.74) is 6.07. The minimum absolute atomic E-state index is 0.454. The van der Waals surface area contributed by atoms with Crippen LogP contribution in [0.1, 0.15) is 32.6 Å². The van der Waals surface area contributed by atoms with Gasteiger partial charge in [0.2, 0.25) is 0 Å². The van der Waals surface area contributed by atoms with E-state index in [2.05, 4.69) is 23.8 Å². The fourth-order valence-corrected chi connectivity index (χ4v) is 3.20. The van der Waals surface area contributed by atoms with Crippen molar-refractivity contribution in [2.24, 2.45) is 5.73 Å². The van der Waals surface area contributed by atoms with Gasteiger partial charge < -0.3 is 10.6 Å². The van der Waals surface area contributed by atoms with Crippen molar-refractivity contribution in [2.45, 2.75) is 50.7 Å². The number of likely N-dealkylation sites (N-methyl/N-ethyl adjacent to an activating group) is 1. The van der Waals surface area contributed by atoms with Crippen molar-refractivity contribution in [3.8, 4) is 0 Å². The summed E-state index contributed by atoms with van der Waals surface area (Å²) in [7, 11) is 2.22. The number of hydrogen-bond donors (Lipinski definition) is 1. The van der Waals surface area contributed by atoms with Crippen molar-refractivity contribution < 1.29 is 0 Å². The highest BCUT2D eigenvalue weighted by Gasteiger charge is 2.30. The molecule has 3 atom stereocenters. The maximum Gasteiger partial charge on any atom is 0.0198 e. The topological polar surface area (TPSA) is 32.5 Å². The highest BCUT2D eigenvalue weighted by atomic mass is 15.3. The van der Waals surface area contributed by atoms with Gasteiger partial charge in [0.25, 0.3) is 0 Å². The van der Waals surface area contributed by atoms with E-state index in [0.717, 1.165) is 6.04 Å². The molecule has 1 heterocycles. The summed E-state index contributed by atoms with van der Waals surface area (Å²) in [6, 6.07) is 1.92. The molecule has 2 N–H and O–H groups in total. The standard InChI is InChI=1S/C12H25N3/c1-10-9-14(2)6-7-15(10)12-5-3-4-11(13)8-12/h10-12H,3-9,13H2,1-2H3. The number of rotatable bonds is 1. The van der Waals surface area contributed by atoms with Crippen LogP contribution in [0, 0.1) is 0 Å². The molecule has 3 nitrogen and oxygen atoms in total. The molecule has 3 heteroatoms. The predicted molar refractivity (Wildman–Crippen MR) is 63.9 cm³/mol. The molecule has 1 saturated heterocycles. The van der Waals surface area contributed by atoms with Crippen molar-refractivity contribution >= 4 is 0 Å².